The highest BCUT2D eigenvalue weighted by molar-refractivity contribution is 5.95. The Morgan fingerprint density at radius 1 is 1.58 bits per heavy atom. The molecule has 0 bridgehead atoms. The van der Waals surface area contributed by atoms with Crippen LogP contribution in [0.2, 0.25) is 0 Å². The number of nitro groups is 1. The minimum atomic E-state index is -0.589. The molecule has 0 aromatic heterocycles. The molecule has 1 atom stereocenters. The normalized spacial score (nSPS) is 11.3. The fourth-order valence-electron chi connectivity index (χ4n) is 1.43. The van der Waals surface area contributed by atoms with Gasteiger partial charge < -0.3 is 9.64 Å². The van der Waals surface area contributed by atoms with Crippen LogP contribution in [0.1, 0.15) is 17.3 Å². The number of nitrogens with zero attached hydrogens (tertiary/aromatic N) is 3. The minimum absolute atomic E-state index is 0.00820. The van der Waals surface area contributed by atoms with Gasteiger partial charge in [-0.05, 0) is 13.0 Å². The maximum absolute atomic E-state index is 12.0. The molecule has 1 rings (SSSR count). The van der Waals surface area contributed by atoms with E-state index in [0.29, 0.717) is 0 Å². The van der Waals surface area contributed by atoms with Gasteiger partial charge in [-0.25, -0.2) is 0 Å². The average molecular weight is 263 g/mol. The Labute approximate surface area is 110 Å². The summed E-state index contributed by atoms with van der Waals surface area (Å²) in [6, 6.07) is 5.18. The molecule has 0 saturated heterocycles. The Morgan fingerprint density at radius 3 is 2.68 bits per heavy atom. The van der Waals surface area contributed by atoms with E-state index in [1.807, 2.05) is 6.07 Å². The number of amides is 1. The van der Waals surface area contributed by atoms with Crippen LogP contribution in [-0.2, 0) is 0 Å². The lowest BCUT2D eigenvalue weighted by Crippen LogP contribution is -2.34. The molecule has 0 saturated carbocycles. The van der Waals surface area contributed by atoms with E-state index < -0.39 is 16.9 Å². The first-order chi connectivity index (χ1) is 8.92. The van der Waals surface area contributed by atoms with Gasteiger partial charge in [-0.1, -0.05) is 0 Å². The molecular weight excluding hydrogens is 250 g/mol. The Kier molecular flexibility index (Phi) is 4.42. The van der Waals surface area contributed by atoms with Crippen molar-refractivity contribution < 1.29 is 14.5 Å². The molecule has 0 N–H and O–H groups in total. The van der Waals surface area contributed by atoms with Crippen molar-refractivity contribution in [3.05, 3.63) is 33.9 Å². The lowest BCUT2D eigenvalue weighted by atomic mass is 10.1. The summed E-state index contributed by atoms with van der Waals surface area (Å²) in [5, 5.41) is 19.5. The first kappa shape index (κ1) is 14.4. The highest BCUT2D eigenvalue weighted by Gasteiger charge is 2.21. The molecule has 1 aromatic carbocycles. The van der Waals surface area contributed by atoms with Crippen molar-refractivity contribution in [2.45, 2.75) is 13.0 Å². The summed E-state index contributed by atoms with van der Waals surface area (Å²) >= 11 is 0. The summed E-state index contributed by atoms with van der Waals surface area (Å²) in [6.07, 6.45) is 0. The van der Waals surface area contributed by atoms with E-state index in [0.717, 1.165) is 0 Å². The zero-order chi connectivity index (χ0) is 14.6. The zero-order valence-corrected chi connectivity index (χ0v) is 10.8. The van der Waals surface area contributed by atoms with E-state index in [9.17, 15) is 14.9 Å². The van der Waals surface area contributed by atoms with Gasteiger partial charge in [0.05, 0.1) is 18.1 Å². The number of nitriles is 1. The van der Waals surface area contributed by atoms with Gasteiger partial charge in [0.1, 0.15) is 6.04 Å². The lowest BCUT2D eigenvalue weighted by molar-refractivity contribution is -0.385. The molecule has 0 aliphatic rings. The zero-order valence-electron chi connectivity index (χ0n) is 10.8. The summed E-state index contributed by atoms with van der Waals surface area (Å²) in [6.45, 7) is 1.58. The molecule has 0 fully saturated rings. The highest BCUT2D eigenvalue weighted by Crippen LogP contribution is 2.28. The third-order valence-corrected chi connectivity index (χ3v) is 2.71. The summed E-state index contributed by atoms with van der Waals surface area (Å²) in [5.74, 6) is -0.392. The van der Waals surface area contributed by atoms with E-state index in [1.54, 1.807) is 6.92 Å². The first-order valence-electron chi connectivity index (χ1n) is 5.41. The van der Waals surface area contributed by atoms with Crippen molar-refractivity contribution in [1.82, 2.24) is 4.90 Å². The van der Waals surface area contributed by atoms with Crippen molar-refractivity contribution in [1.29, 1.82) is 5.26 Å². The predicted molar refractivity (Wildman–Crippen MR) is 66.8 cm³/mol. The fourth-order valence-corrected chi connectivity index (χ4v) is 1.43. The monoisotopic (exact) mass is 263 g/mol. The number of carbonyl (C=O) groups excluding carboxylic acids is 1. The molecule has 7 heteroatoms. The molecule has 1 unspecified atom stereocenters. The second kappa shape index (κ2) is 5.82. The second-order valence-corrected chi connectivity index (χ2v) is 3.86. The highest BCUT2D eigenvalue weighted by atomic mass is 16.6. The van der Waals surface area contributed by atoms with Gasteiger partial charge in [-0.2, -0.15) is 5.26 Å². The van der Waals surface area contributed by atoms with Gasteiger partial charge in [-0.15, -0.1) is 0 Å². The smallest absolute Gasteiger partial charge is 0.310 e. The van der Waals surface area contributed by atoms with Crippen LogP contribution in [-0.4, -0.2) is 35.9 Å². The predicted octanol–water partition coefficient (Wildman–Crippen LogP) is 1.59. The molecular formula is C12H13N3O4. The number of carbonyl (C=O) groups is 1. The van der Waals surface area contributed by atoms with E-state index in [4.69, 9.17) is 10.00 Å². The van der Waals surface area contributed by atoms with Gasteiger partial charge >= 0.3 is 5.69 Å². The molecule has 100 valence electrons. The number of hydrogen-bond acceptors (Lipinski definition) is 5. The van der Waals surface area contributed by atoms with Gasteiger partial charge in [0, 0.05) is 24.7 Å². The maximum atomic E-state index is 12.0. The quantitative estimate of drug-likeness (QED) is 0.607. The molecule has 1 amide bonds. The molecule has 1 aromatic rings. The Bertz CT molecular complexity index is 550. The largest absolute Gasteiger partial charge is 0.490 e. The van der Waals surface area contributed by atoms with Crippen molar-refractivity contribution in [3.63, 3.8) is 0 Å². The third kappa shape index (κ3) is 2.98. The van der Waals surface area contributed by atoms with Crippen LogP contribution in [0.4, 0.5) is 5.69 Å². The Morgan fingerprint density at radius 2 is 2.21 bits per heavy atom. The number of benzene rings is 1. The van der Waals surface area contributed by atoms with Gasteiger partial charge in [0.2, 0.25) is 0 Å². The number of methoxy groups -OCH3 is 1. The lowest BCUT2D eigenvalue weighted by Gasteiger charge is -2.19. The van der Waals surface area contributed by atoms with E-state index in [2.05, 4.69) is 0 Å². The van der Waals surface area contributed by atoms with Crippen LogP contribution in [0.3, 0.4) is 0 Å². The fraction of sp³-hybridized carbons (Fsp3) is 0.333. The molecule has 0 spiro atoms. The number of ether oxygens (including phenoxy) is 1. The summed E-state index contributed by atoms with van der Waals surface area (Å²) in [4.78, 5) is 23.4. The Balaban J connectivity index is 3.13. The van der Waals surface area contributed by atoms with Crippen LogP contribution in [0, 0.1) is 21.4 Å². The molecule has 0 radical (unpaired) electrons. The summed E-state index contributed by atoms with van der Waals surface area (Å²) < 4.78 is 4.89. The molecule has 0 heterocycles. The topological polar surface area (TPSA) is 96.5 Å². The molecule has 0 aliphatic heterocycles. The summed E-state index contributed by atoms with van der Waals surface area (Å²) in [7, 11) is 2.78. The van der Waals surface area contributed by atoms with E-state index >= 15 is 0 Å². The molecule has 7 nitrogen and oxygen atoms in total. The van der Waals surface area contributed by atoms with Crippen LogP contribution < -0.4 is 4.74 Å². The van der Waals surface area contributed by atoms with E-state index in [1.165, 1.54) is 37.3 Å². The van der Waals surface area contributed by atoms with Crippen LogP contribution >= 0.6 is 0 Å². The van der Waals surface area contributed by atoms with E-state index in [-0.39, 0.29) is 17.0 Å². The minimum Gasteiger partial charge on any atom is -0.490 e. The van der Waals surface area contributed by atoms with Crippen LogP contribution in [0.15, 0.2) is 18.2 Å². The number of nitro benzene ring substituents is 1. The maximum Gasteiger partial charge on any atom is 0.310 e. The van der Waals surface area contributed by atoms with Crippen molar-refractivity contribution in [3.8, 4) is 11.8 Å². The van der Waals surface area contributed by atoms with Gasteiger partial charge in [-0.3, -0.25) is 14.9 Å². The summed E-state index contributed by atoms with van der Waals surface area (Å²) in [5.41, 5.74) is 0.0158. The standard InChI is InChI=1S/C12H13N3O4/c1-8(7-13)14(2)12(16)9-4-5-10(15(17)18)11(6-9)19-3/h4-6,8H,1-3H3. The third-order valence-electron chi connectivity index (χ3n) is 2.71. The number of hydrogen-bond donors (Lipinski definition) is 0. The van der Waals surface area contributed by atoms with Crippen molar-refractivity contribution in [2.75, 3.05) is 14.2 Å². The van der Waals surface area contributed by atoms with Crippen molar-refractivity contribution >= 4 is 11.6 Å². The second-order valence-electron chi connectivity index (χ2n) is 3.86. The number of rotatable bonds is 4. The average Bonchev–Trinajstić information content (AvgIpc) is 2.43. The van der Waals surface area contributed by atoms with Crippen molar-refractivity contribution in [2.24, 2.45) is 0 Å². The molecule has 19 heavy (non-hydrogen) atoms. The van der Waals surface area contributed by atoms with Gasteiger partial charge in [0.15, 0.2) is 5.75 Å². The Hall–Kier alpha value is -2.62. The van der Waals surface area contributed by atoms with Crippen LogP contribution in [0.25, 0.3) is 0 Å². The van der Waals surface area contributed by atoms with Gasteiger partial charge in [0.25, 0.3) is 5.91 Å². The van der Waals surface area contributed by atoms with Crippen LogP contribution in [0.5, 0.6) is 5.75 Å². The molecule has 0 aliphatic carbocycles. The first-order valence-corrected chi connectivity index (χ1v) is 5.41. The SMILES string of the molecule is COc1cc(C(=O)N(C)C(C)C#N)ccc1[N+](=O)[O-].